The summed E-state index contributed by atoms with van der Waals surface area (Å²) in [6.07, 6.45) is 3.37. The van der Waals surface area contributed by atoms with Crippen LogP contribution >= 0.6 is 0 Å². The van der Waals surface area contributed by atoms with Crippen molar-refractivity contribution in [3.8, 4) is 0 Å². The highest BCUT2D eigenvalue weighted by molar-refractivity contribution is 6.40. The number of amidine groups is 1. The molecule has 0 unspecified atom stereocenters. The lowest BCUT2D eigenvalue weighted by Crippen LogP contribution is -2.32. The Labute approximate surface area is 203 Å². The molecule has 3 aromatic carbocycles. The van der Waals surface area contributed by atoms with Gasteiger partial charge in [0, 0.05) is 10.9 Å². The molecule has 1 amide bonds. The fourth-order valence-electron chi connectivity index (χ4n) is 4.41. The zero-order valence-electron chi connectivity index (χ0n) is 19.8. The minimum atomic E-state index is -0.470. The molecule has 0 saturated heterocycles. The summed E-state index contributed by atoms with van der Waals surface area (Å²) in [6, 6.07) is 14.0. The van der Waals surface area contributed by atoms with E-state index in [2.05, 4.69) is 0 Å². The molecule has 0 bridgehead atoms. The molecule has 0 atom stereocenters. The van der Waals surface area contributed by atoms with E-state index in [1.807, 2.05) is 32.0 Å². The first kappa shape index (κ1) is 22.8. The van der Waals surface area contributed by atoms with Gasteiger partial charge in [-0.2, -0.15) is 0 Å². The number of amides is 1. The third-order valence-corrected chi connectivity index (χ3v) is 6.22. The van der Waals surface area contributed by atoms with Crippen molar-refractivity contribution in [1.82, 2.24) is 0 Å². The van der Waals surface area contributed by atoms with E-state index in [0.29, 0.717) is 63.5 Å². The Hall–Kier alpha value is -4.00. The van der Waals surface area contributed by atoms with E-state index in [0.717, 1.165) is 25.7 Å². The highest BCUT2D eigenvalue weighted by atomic mass is 16.5. The maximum Gasteiger partial charge on any atom is 0.338 e. The Balaban J connectivity index is 1.66. The smallest absolute Gasteiger partial charge is 0.338 e. The maximum absolute atomic E-state index is 13.3. The Kier molecular flexibility index (Phi) is 6.07. The summed E-state index contributed by atoms with van der Waals surface area (Å²) < 4.78 is 10.9. The largest absolute Gasteiger partial charge is 0.462 e. The standard InChI is InChI=1S/C28H26N2O5/c1-3-5-11-34-27(32)18-13-17-14-19(28(33)35-12-6-4-2)16-23-24(17)22(15-18)29-25-20-9-7-8-10-21(20)26(31)30(23)25/h7-10,13-16H,3-6,11-12H2,1-2H3. The minimum absolute atomic E-state index is 0.203. The van der Waals surface area contributed by atoms with Gasteiger partial charge in [-0.15, -0.1) is 0 Å². The Morgan fingerprint density at radius 1 is 0.857 bits per heavy atom. The van der Waals surface area contributed by atoms with Crippen LogP contribution in [0.25, 0.3) is 10.8 Å². The predicted molar refractivity (Wildman–Crippen MR) is 134 cm³/mol. The third-order valence-electron chi connectivity index (χ3n) is 6.22. The summed E-state index contributed by atoms with van der Waals surface area (Å²) in [5.74, 6) is -0.639. The predicted octanol–water partition coefficient (Wildman–Crippen LogP) is 5.81. The first-order chi connectivity index (χ1) is 17.0. The lowest BCUT2D eigenvalue weighted by atomic mass is 9.98. The number of unbranched alkanes of at least 4 members (excludes halogenated alkanes) is 2. The molecule has 0 aliphatic carbocycles. The number of anilines is 1. The molecule has 7 heteroatoms. The van der Waals surface area contributed by atoms with E-state index in [9.17, 15) is 14.4 Å². The number of fused-ring (bicyclic) bond motifs is 4. The molecule has 0 saturated carbocycles. The molecule has 2 aliphatic rings. The van der Waals surface area contributed by atoms with Crippen LogP contribution < -0.4 is 4.90 Å². The number of nitrogens with zero attached hydrogens (tertiary/aromatic N) is 2. The van der Waals surface area contributed by atoms with Crippen molar-refractivity contribution in [1.29, 1.82) is 0 Å². The Morgan fingerprint density at radius 2 is 1.46 bits per heavy atom. The number of hydrogen-bond acceptors (Lipinski definition) is 6. The van der Waals surface area contributed by atoms with Crippen LogP contribution in [0.15, 0.2) is 53.5 Å². The second kappa shape index (κ2) is 9.33. The first-order valence-corrected chi connectivity index (χ1v) is 12.0. The van der Waals surface area contributed by atoms with Crippen LogP contribution in [0.5, 0.6) is 0 Å². The van der Waals surface area contributed by atoms with Gasteiger partial charge in [-0.3, -0.25) is 9.69 Å². The van der Waals surface area contributed by atoms with Crippen LogP contribution in [0.1, 0.15) is 76.2 Å². The highest BCUT2D eigenvalue weighted by Gasteiger charge is 2.38. The lowest BCUT2D eigenvalue weighted by Gasteiger charge is -2.25. The van der Waals surface area contributed by atoms with Gasteiger partial charge in [-0.1, -0.05) is 44.9 Å². The number of benzene rings is 3. The van der Waals surface area contributed by atoms with Crippen LogP contribution in [0.4, 0.5) is 11.4 Å². The van der Waals surface area contributed by atoms with Crippen LogP contribution in [0.3, 0.4) is 0 Å². The summed E-state index contributed by atoms with van der Waals surface area (Å²) >= 11 is 0. The Morgan fingerprint density at radius 3 is 2.09 bits per heavy atom. The van der Waals surface area contributed by atoms with Crippen molar-refractivity contribution in [3.63, 3.8) is 0 Å². The molecule has 0 aromatic heterocycles. The van der Waals surface area contributed by atoms with Crippen molar-refractivity contribution in [2.75, 3.05) is 18.1 Å². The van der Waals surface area contributed by atoms with Gasteiger partial charge in [0.15, 0.2) is 0 Å². The second-order valence-electron chi connectivity index (χ2n) is 8.69. The van der Waals surface area contributed by atoms with Gasteiger partial charge in [-0.25, -0.2) is 14.6 Å². The first-order valence-electron chi connectivity index (χ1n) is 12.0. The minimum Gasteiger partial charge on any atom is -0.462 e. The van der Waals surface area contributed by atoms with Gasteiger partial charge >= 0.3 is 11.9 Å². The zero-order chi connectivity index (χ0) is 24.5. The van der Waals surface area contributed by atoms with Gasteiger partial charge in [-0.05, 0) is 48.6 Å². The zero-order valence-corrected chi connectivity index (χ0v) is 19.8. The third kappa shape index (κ3) is 3.97. The summed E-state index contributed by atoms with van der Waals surface area (Å²) in [6.45, 7) is 4.70. The number of rotatable bonds is 8. The number of hydrogen-bond donors (Lipinski definition) is 0. The van der Waals surface area contributed by atoms with Gasteiger partial charge < -0.3 is 9.47 Å². The number of carbonyl (C=O) groups excluding carboxylic acids is 3. The van der Waals surface area contributed by atoms with Gasteiger partial charge in [0.2, 0.25) is 0 Å². The SMILES string of the molecule is CCCCOC(=O)c1cc2c3c(cc(C(=O)OCCCC)cc3c1)N1C(=O)c3ccccc3C1=N2. The normalized spacial score (nSPS) is 13.4. The number of aliphatic imine (C=N–C) groups is 1. The van der Waals surface area contributed by atoms with Crippen molar-refractivity contribution in [2.24, 2.45) is 4.99 Å². The monoisotopic (exact) mass is 470 g/mol. The van der Waals surface area contributed by atoms with E-state index in [1.165, 1.54) is 0 Å². The van der Waals surface area contributed by atoms with Crippen LogP contribution in [0, 0.1) is 0 Å². The topological polar surface area (TPSA) is 85.3 Å². The average molecular weight is 471 g/mol. The quantitative estimate of drug-likeness (QED) is 0.307. The molecule has 0 radical (unpaired) electrons. The van der Waals surface area contributed by atoms with Gasteiger partial charge in [0.25, 0.3) is 5.91 Å². The summed E-state index contributed by atoms with van der Waals surface area (Å²) in [5, 5.41) is 1.32. The van der Waals surface area contributed by atoms with Crippen molar-refractivity contribution in [2.45, 2.75) is 39.5 Å². The van der Waals surface area contributed by atoms with E-state index >= 15 is 0 Å². The summed E-state index contributed by atoms with van der Waals surface area (Å²) in [5.41, 5.74) is 3.03. The summed E-state index contributed by atoms with van der Waals surface area (Å²) in [7, 11) is 0. The van der Waals surface area contributed by atoms with E-state index in [-0.39, 0.29) is 5.91 Å². The van der Waals surface area contributed by atoms with Crippen LogP contribution in [-0.4, -0.2) is 36.9 Å². The maximum atomic E-state index is 13.3. The lowest BCUT2D eigenvalue weighted by molar-refractivity contribution is 0.0491. The van der Waals surface area contributed by atoms with Crippen molar-refractivity contribution in [3.05, 3.63) is 70.8 Å². The molecule has 0 fully saturated rings. The molecule has 0 spiro atoms. The highest BCUT2D eigenvalue weighted by Crippen LogP contribution is 2.44. The molecule has 0 N–H and O–H groups in total. The fourth-order valence-corrected chi connectivity index (χ4v) is 4.41. The van der Waals surface area contributed by atoms with E-state index < -0.39 is 11.9 Å². The van der Waals surface area contributed by atoms with E-state index in [4.69, 9.17) is 14.5 Å². The molecule has 5 rings (SSSR count). The molecule has 7 nitrogen and oxygen atoms in total. The molecule has 35 heavy (non-hydrogen) atoms. The molecule has 2 heterocycles. The molecule has 2 aliphatic heterocycles. The molecule has 178 valence electrons. The molecule has 3 aromatic rings. The van der Waals surface area contributed by atoms with Crippen LogP contribution in [-0.2, 0) is 9.47 Å². The van der Waals surface area contributed by atoms with Crippen LogP contribution in [0.2, 0.25) is 0 Å². The summed E-state index contributed by atoms with van der Waals surface area (Å²) in [4.78, 5) is 45.3. The van der Waals surface area contributed by atoms with Gasteiger partial charge in [0.1, 0.15) is 5.84 Å². The van der Waals surface area contributed by atoms with Crippen molar-refractivity contribution < 1.29 is 23.9 Å². The number of esters is 2. The Bertz CT molecular complexity index is 1390. The fraction of sp³-hybridized carbons (Fsp3) is 0.286. The van der Waals surface area contributed by atoms with Gasteiger partial charge in [0.05, 0.1) is 41.3 Å². The average Bonchev–Trinajstić information content (AvgIpc) is 3.16. The van der Waals surface area contributed by atoms with E-state index in [1.54, 1.807) is 35.2 Å². The second-order valence-corrected chi connectivity index (χ2v) is 8.69. The number of ether oxygens (including phenoxy) is 2. The van der Waals surface area contributed by atoms with Crippen molar-refractivity contribution >= 4 is 45.8 Å². The number of carbonyl (C=O) groups is 3. The molecular formula is C28H26N2O5. The molecular weight excluding hydrogens is 444 g/mol.